The van der Waals surface area contributed by atoms with E-state index in [2.05, 4.69) is 34.3 Å². The molecule has 14 nitrogen and oxygen atoms in total. The van der Waals surface area contributed by atoms with Gasteiger partial charge in [-0.25, -0.2) is 24.0 Å². The lowest BCUT2D eigenvalue weighted by Gasteiger charge is -2.20. The third-order valence-electron chi connectivity index (χ3n) is 7.02. The number of hydrogen-bond donors (Lipinski definition) is 2. The molecule has 0 saturated carbocycles. The van der Waals surface area contributed by atoms with Crippen molar-refractivity contribution in [2.24, 2.45) is 0 Å². The normalized spacial score (nSPS) is 10.6. The van der Waals surface area contributed by atoms with Crippen molar-refractivity contribution in [3.8, 4) is 23.7 Å². The van der Waals surface area contributed by atoms with E-state index in [1.165, 1.54) is 23.0 Å². The van der Waals surface area contributed by atoms with Crippen LogP contribution in [-0.2, 0) is 36.8 Å². The average Bonchev–Trinajstić information content (AvgIpc) is 3.10. The van der Waals surface area contributed by atoms with Crippen LogP contribution in [0.1, 0.15) is 74.2 Å². The molecule has 14 heteroatoms. The summed E-state index contributed by atoms with van der Waals surface area (Å²) >= 11 is 0. The maximum Gasteiger partial charge on any atom is 0.412 e. The number of carbonyl (C=O) groups is 5. The van der Waals surface area contributed by atoms with Gasteiger partial charge in [0.25, 0.3) is 0 Å². The number of nitrogens with zero attached hydrogens (tertiary/aromatic N) is 2. The first-order chi connectivity index (χ1) is 26.3. The molecule has 56 heavy (non-hydrogen) atoms. The SMILES string of the molecule is COC(=O)c1cc(C#CCOC(=O)N(C)Cc2cccc(NC(=O)OC(C)(C)C)c2)ccc1C#CCOC(=O)N(C)Cc1cccc(NC(=O)OC(C)(C)C)c1. The number of benzene rings is 3. The molecular weight excluding hydrogens is 720 g/mol. The van der Waals surface area contributed by atoms with E-state index in [1.807, 2.05) is 0 Å². The summed E-state index contributed by atoms with van der Waals surface area (Å²) in [7, 11) is 4.37. The molecule has 0 aromatic heterocycles. The molecule has 0 aliphatic rings. The Balaban J connectivity index is 1.52. The molecule has 0 fully saturated rings. The van der Waals surface area contributed by atoms with Crippen molar-refractivity contribution in [3.05, 3.63) is 94.5 Å². The predicted octanol–water partition coefficient (Wildman–Crippen LogP) is 7.41. The Hall–Kier alpha value is -6.67. The summed E-state index contributed by atoms with van der Waals surface area (Å²) in [6.07, 6.45) is -2.41. The van der Waals surface area contributed by atoms with Crippen molar-refractivity contribution in [2.75, 3.05) is 45.1 Å². The quantitative estimate of drug-likeness (QED) is 0.127. The van der Waals surface area contributed by atoms with E-state index >= 15 is 0 Å². The summed E-state index contributed by atoms with van der Waals surface area (Å²) in [5.41, 5.74) is 2.18. The van der Waals surface area contributed by atoms with Crippen molar-refractivity contribution in [1.82, 2.24) is 9.80 Å². The minimum Gasteiger partial charge on any atom is -0.465 e. The van der Waals surface area contributed by atoms with E-state index < -0.39 is 41.5 Å². The Morgan fingerprint density at radius 1 is 0.643 bits per heavy atom. The molecule has 0 bridgehead atoms. The molecule has 3 aromatic rings. The zero-order chi connectivity index (χ0) is 41.5. The van der Waals surface area contributed by atoms with Crippen LogP contribution in [0.15, 0.2) is 66.7 Å². The van der Waals surface area contributed by atoms with Crippen molar-refractivity contribution < 1.29 is 47.7 Å². The van der Waals surface area contributed by atoms with Gasteiger partial charge in [-0.05, 0) is 95.1 Å². The van der Waals surface area contributed by atoms with Crippen molar-refractivity contribution in [1.29, 1.82) is 0 Å². The van der Waals surface area contributed by atoms with Crippen LogP contribution in [0, 0.1) is 23.7 Å². The van der Waals surface area contributed by atoms with E-state index in [0.717, 1.165) is 11.1 Å². The van der Waals surface area contributed by atoms with Gasteiger partial charge >= 0.3 is 30.3 Å². The Morgan fingerprint density at radius 3 is 1.55 bits per heavy atom. The van der Waals surface area contributed by atoms with Gasteiger partial charge in [0, 0.05) is 49.7 Å². The molecule has 0 saturated heterocycles. The number of methoxy groups -OCH3 is 1. The number of nitrogens with one attached hydrogen (secondary N) is 2. The van der Waals surface area contributed by atoms with Crippen LogP contribution in [0.25, 0.3) is 0 Å². The van der Waals surface area contributed by atoms with Gasteiger partial charge in [0.1, 0.15) is 11.2 Å². The lowest BCUT2D eigenvalue weighted by atomic mass is 10.0. The fraction of sp³-hybridized carbons (Fsp3) is 0.357. The van der Waals surface area contributed by atoms with Crippen molar-refractivity contribution >= 4 is 41.7 Å². The molecule has 296 valence electrons. The highest BCUT2D eigenvalue weighted by Gasteiger charge is 2.18. The highest BCUT2D eigenvalue weighted by atomic mass is 16.6. The first-order valence-electron chi connectivity index (χ1n) is 17.5. The molecule has 0 atom stereocenters. The Labute approximate surface area is 327 Å². The molecule has 0 aliphatic carbocycles. The average molecular weight is 769 g/mol. The zero-order valence-electron chi connectivity index (χ0n) is 33.2. The summed E-state index contributed by atoms with van der Waals surface area (Å²) in [4.78, 5) is 64.7. The van der Waals surface area contributed by atoms with Crippen LogP contribution >= 0.6 is 0 Å². The van der Waals surface area contributed by atoms with Crippen LogP contribution in [0.2, 0.25) is 0 Å². The van der Waals surface area contributed by atoms with Gasteiger partial charge in [0.05, 0.1) is 12.7 Å². The van der Waals surface area contributed by atoms with E-state index in [1.54, 1.807) is 116 Å². The molecule has 0 radical (unpaired) electrons. The summed E-state index contributed by atoms with van der Waals surface area (Å²) in [5, 5.41) is 5.34. The largest absolute Gasteiger partial charge is 0.465 e. The van der Waals surface area contributed by atoms with E-state index in [0.29, 0.717) is 22.5 Å². The number of rotatable bonds is 9. The van der Waals surface area contributed by atoms with Crippen LogP contribution in [0.3, 0.4) is 0 Å². The maximum atomic E-state index is 12.6. The molecule has 0 spiro atoms. The summed E-state index contributed by atoms with van der Waals surface area (Å²) in [6.45, 7) is 10.6. The molecule has 0 unspecified atom stereocenters. The van der Waals surface area contributed by atoms with E-state index in [4.69, 9.17) is 23.7 Å². The first kappa shape index (κ1) is 43.7. The van der Waals surface area contributed by atoms with Gasteiger partial charge < -0.3 is 33.5 Å². The van der Waals surface area contributed by atoms with Crippen LogP contribution in [0.4, 0.5) is 30.6 Å². The van der Waals surface area contributed by atoms with Gasteiger partial charge in [0.15, 0.2) is 13.2 Å². The number of amides is 4. The first-order valence-corrected chi connectivity index (χ1v) is 17.5. The third-order valence-corrected chi connectivity index (χ3v) is 7.02. The molecule has 0 aliphatic heterocycles. The summed E-state index contributed by atoms with van der Waals surface area (Å²) in [6, 6.07) is 18.7. The fourth-order valence-corrected chi connectivity index (χ4v) is 4.71. The Kier molecular flexibility index (Phi) is 15.7. The highest BCUT2D eigenvalue weighted by Crippen LogP contribution is 2.17. The van der Waals surface area contributed by atoms with Crippen LogP contribution < -0.4 is 10.6 Å². The lowest BCUT2D eigenvalue weighted by molar-refractivity contribution is 0.0596. The van der Waals surface area contributed by atoms with Crippen LogP contribution in [-0.4, -0.2) is 85.8 Å². The topological polar surface area (TPSA) is 162 Å². The van der Waals surface area contributed by atoms with Gasteiger partial charge in [-0.1, -0.05) is 47.9 Å². The fourth-order valence-electron chi connectivity index (χ4n) is 4.71. The van der Waals surface area contributed by atoms with Crippen molar-refractivity contribution in [2.45, 2.75) is 65.8 Å². The zero-order valence-corrected chi connectivity index (χ0v) is 33.2. The number of anilines is 2. The smallest absolute Gasteiger partial charge is 0.412 e. The summed E-state index contributed by atoms with van der Waals surface area (Å²) in [5.74, 6) is 10.5. The molecule has 3 rings (SSSR count). The van der Waals surface area contributed by atoms with E-state index in [9.17, 15) is 24.0 Å². The second-order valence-electron chi connectivity index (χ2n) is 14.3. The molecule has 4 amide bonds. The minimum atomic E-state index is -0.643. The lowest BCUT2D eigenvalue weighted by Crippen LogP contribution is -2.28. The molecular formula is C42H48N4O10. The number of carbonyl (C=O) groups excluding carboxylic acids is 5. The standard InChI is InChI=1S/C42H48N4O10/c1-41(2,3)55-37(48)43-33-18-10-14-30(24-33)27-45(7)39(50)53-22-12-16-29-20-21-32(35(26-29)36(47)52-9)17-13-23-54-40(51)46(8)28-31-15-11-19-34(25-31)44-38(49)56-42(4,5)6/h10-11,14-15,18-21,24-26H,22-23,27-28H2,1-9H3,(H,43,48)(H,44,49). The van der Waals surface area contributed by atoms with Crippen molar-refractivity contribution in [3.63, 3.8) is 0 Å². The molecule has 2 N–H and O–H groups in total. The Morgan fingerprint density at radius 2 is 1.11 bits per heavy atom. The number of hydrogen-bond acceptors (Lipinski definition) is 10. The Bertz CT molecular complexity index is 2030. The van der Waals surface area contributed by atoms with Gasteiger partial charge in [0.2, 0.25) is 0 Å². The van der Waals surface area contributed by atoms with E-state index in [-0.39, 0.29) is 31.9 Å². The van der Waals surface area contributed by atoms with Crippen LogP contribution in [0.5, 0.6) is 0 Å². The van der Waals surface area contributed by atoms with Gasteiger partial charge in [-0.2, -0.15) is 0 Å². The maximum absolute atomic E-state index is 12.6. The minimum absolute atomic E-state index is 0.148. The van der Waals surface area contributed by atoms with Gasteiger partial charge in [-0.3, -0.25) is 10.6 Å². The highest BCUT2D eigenvalue weighted by molar-refractivity contribution is 5.93. The third kappa shape index (κ3) is 15.7. The number of ether oxygens (including phenoxy) is 5. The second-order valence-corrected chi connectivity index (χ2v) is 14.3. The predicted molar refractivity (Wildman–Crippen MR) is 210 cm³/mol. The van der Waals surface area contributed by atoms with Gasteiger partial charge in [-0.15, -0.1) is 0 Å². The molecule has 0 heterocycles. The molecule has 3 aromatic carbocycles. The monoisotopic (exact) mass is 768 g/mol. The number of esters is 1. The second kappa shape index (κ2) is 20.1. The summed E-state index contributed by atoms with van der Waals surface area (Å²) < 4.78 is 26.0.